The van der Waals surface area contributed by atoms with Crippen LogP contribution in [0.25, 0.3) is 32.3 Å². The zero-order chi connectivity index (χ0) is 24.4. The van der Waals surface area contributed by atoms with Gasteiger partial charge in [-0.15, -0.1) is 0 Å². The molecule has 6 aromatic carbocycles. The lowest BCUT2D eigenvalue weighted by Gasteiger charge is -2.15. The van der Waals surface area contributed by atoms with E-state index in [0.717, 1.165) is 32.7 Å². The van der Waals surface area contributed by atoms with Gasteiger partial charge >= 0.3 is 21.2 Å². The van der Waals surface area contributed by atoms with Crippen LogP contribution in [0.2, 0.25) is 0 Å². The van der Waals surface area contributed by atoms with E-state index in [4.69, 9.17) is 4.74 Å². The highest BCUT2D eigenvalue weighted by molar-refractivity contribution is 7.86. The third-order valence-corrected chi connectivity index (χ3v) is 9.47. The minimum Gasteiger partial charge on any atom is -0.744 e. The maximum atomic E-state index is 11.4. The second-order valence-corrected chi connectivity index (χ2v) is 12.2. The highest BCUT2D eigenvalue weighted by Crippen LogP contribution is 2.36. The summed E-state index contributed by atoms with van der Waals surface area (Å²) in [5, 5.41) is 5.38. The van der Waals surface area contributed by atoms with Gasteiger partial charge in [0.05, 0.1) is 12.0 Å². The summed E-state index contributed by atoms with van der Waals surface area (Å²) in [5.41, 5.74) is 0. The van der Waals surface area contributed by atoms with Crippen LogP contribution in [0.15, 0.2) is 114 Å². The Morgan fingerprint density at radius 3 is 1.94 bits per heavy atom. The molecule has 0 bridgehead atoms. The van der Waals surface area contributed by atoms with Crippen LogP contribution in [0.3, 0.4) is 0 Å². The average Bonchev–Trinajstić information content (AvgIpc) is 2.88. The van der Waals surface area contributed by atoms with E-state index >= 15 is 0 Å². The van der Waals surface area contributed by atoms with E-state index in [0.29, 0.717) is 5.39 Å². The summed E-state index contributed by atoms with van der Waals surface area (Å²) in [6, 6.07) is 35.4. The van der Waals surface area contributed by atoms with E-state index in [9.17, 15) is 13.0 Å². The van der Waals surface area contributed by atoms with E-state index in [1.807, 2.05) is 48.5 Å². The summed E-state index contributed by atoms with van der Waals surface area (Å²) in [5.74, 6) is 1.01. The number of methoxy groups -OCH3 is 1. The summed E-state index contributed by atoms with van der Waals surface area (Å²) < 4.78 is 42.4. The Hall–Kier alpha value is -3.20. The van der Waals surface area contributed by atoms with Gasteiger partial charge in [0.15, 0.2) is 9.32 Å². The largest absolute Gasteiger partial charge is 0.744 e. The summed E-state index contributed by atoms with van der Waals surface area (Å²) in [6.07, 6.45) is 0. The predicted octanol–water partition coefficient (Wildman–Crippen LogP) is 3.31. The third-order valence-electron chi connectivity index (χ3n) is 5.76. The molecule has 0 unspecified atom stereocenters. The number of hydrogen-bond acceptors (Lipinski definition) is 4. The molecule has 0 radical (unpaired) electrons. The summed E-state index contributed by atoms with van der Waals surface area (Å²) >= 11 is -0.124. The van der Waals surface area contributed by atoms with Gasteiger partial charge in [-0.1, -0.05) is 78.9 Å². The molecule has 35 heavy (non-hydrogen) atoms. The molecular weight excluding hydrogens is 571 g/mol. The van der Waals surface area contributed by atoms with Gasteiger partial charge in [-0.2, -0.15) is 0 Å². The molecule has 4 nitrogen and oxygen atoms in total. The molecule has 0 atom stereocenters. The summed E-state index contributed by atoms with van der Waals surface area (Å²) in [6.45, 7) is 0. The molecule has 0 spiro atoms. The second kappa shape index (κ2) is 9.81. The van der Waals surface area contributed by atoms with Gasteiger partial charge in [-0.25, -0.2) is 8.42 Å². The van der Waals surface area contributed by atoms with Crippen LogP contribution in [0.4, 0.5) is 0 Å². The Labute approximate surface area is 214 Å². The van der Waals surface area contributed by atoms with E-state index in [-0.39, 0.29) is 26.1 Å². The van der Waals surface area contributed by atoms with Gasteiger partial charge in [0.25, 0.3) is 0 Å². The Morgan fingerprint density at radius 2 is 1.26 bits per heavy atom. The SMILES string of the molecule is COc1ccccc1[I+]c1ccccc1.O=S(=O)([O-])c1ccc2ccc3cccc4ccc1c2c34. The molecule has 6 aromatic rings. The Bertz CT molecular complexity index is 1720. The molecule has 0 heterocycles. The van der Waals surface area contributed by atoms with Crippen molar-refractivity contribution in [1.29, 1.82) is 0 Å². The Morgan fingerprint density at radius 1 is 0.657 bits per heavy atom. The molecule has 174 valence electrons. The fraction of sp³-hybridized carbons (Fsp3) is 0.0345. The van der Waals surface area contributed by atoms with Gasteiger partial charge in [0.2, 0.25) is 3.57 Å². The smallest absolute Gasteiger partial charge is 0.362 e. The van der Waals surface area contributed by atoms with Crippen LogP contribution < -0.4 is 25.9 Å². The number of hydrogen-bond donors (Lipinski definition) is 0. The molecular formula is C29H21IO4S. The fourth-order valence-corrected chi connectivity index (χ4v) is 7.38. The fourth-order valence-electron chi connectivity index (χ4n) is 4.21. The van der Waals surface area contributed by atoms with Crippen LogP contribution in [-0.2, 0) is 10.1 Å². The molecule has 0 fully saturated rings. The van der Waals surface area contributed by atoms with Gasteiger partial charge in [0.1, 0.15) is 10.1 Å². The first kappa shape index (κ1) is 23.5. The van der Waals surface area contributed by atoms with Crippen molar-refractivity contribution in [3.8, 4) is 5.75 Å². The van der Waals surface area contributed by atoms with Crippen LogP contribution in [-0.4, -0.2) is 20.1 Å². The van der Waals surface area contributed by atoms with Crippen molar-refractivity contribution in [2.24, 2.45) is 0 Å². The first-order chi connectivity index (χ1) is 17.0. The van der Waals surface area contributed by atoms with Crippen molar-refractivity contribution in [3.05, 3.63) is 116 Å². The van der Waals surface area contributed by atoms with E-state index < -0.39 is 10.1 Å². The maximum absolute atomic E-state index is 11.4. The summed E-state index contributed by atoms with van der Waals surface area (Å²) in [7, 11) is -2.75. The van der Waals surface area contributed by atoms with E-state index in [2.05, 4.69) is 42.5 Å². The molecule has 6 rings (SSSR count). The second-order valence-electron chi connectivity index (χ2n) is 7.90. The molecule has 6 heteroatoms. The number of benzene rings is 6. The number of para-hydroxylation sites is 1. The normalized spacial score (nSPS) is 11.5. The minimum absolute atomic E-state index is 0.124. The predicted molar refractivity (Wildman–Crippen MR) is 135 cm³/mol. The topological polar surface area (TPSA) is 66.4 Å². The monoisotopic (exact) mass is 592 g/mol. The van der Waals surface area contributed by atoms with Gasteiger partial charge in [-0.3, -0.25) is 0 Å². The van der Waals surface area contributed by atoms with Crippen molar-refractivity contribution in [2.75, 3.05) is 7.11 Å². The molecule has 0 saturated carbocycles. The summed E-state index contributed by atoms with van der Waals surface area (Å²) in [4.78, 5) is -0.150. The molecule has 0 N–H and O–H groups in total. The molecule has 0 amide bonds. The first-order valence-electron chi connectivity index (χ1n) is 10.9. The average molecular weight is 592 g/mol. The van der Waals surface area contributed by atoms with Crippen molar-refractivity contribution >= 4 is 42.4 Å². The molecule has 0 aliphatic carbocycles. The highest BCUT2D eigenvalue weighted by Gasteiger charge is 2.19. The molecule has 0 aliphatic heterocycles. The van der Waals surface area contributed by atoms with E-state index in [1.165, 1.54) is 13.2 Å². The number of ether oxygens (including phenoxy) is 1. The molecule has 0 aliphatic rings. The Balaban J connectivity index is 0.000000152. The van der Waals surface area contributed by atoms with Crippen molar-refractivity contribution in [3.63, 3.8) is 0 Å². The van der Waals surface area contributed by atoms with Crippen molar-refractivity contribution in [1.82, 2.24) is 0 Å². The van der Waals surface area contributed by atoms with E-state index in [1.54, 1.807) is 19.2 Å². The van der Waals surface area contributed by atoms with Crippen LogP contribution in [0.5, 0.6) is 5.75 Å². The van der Waals surface area contributed by atoms with Crippen LogP contribution >= 0.6 is 0 Å². The lowest BCUT2D eigenvalue weighted by atomic mass is 9.94. The number of halogens is 1. The standard InChI is InChI=1S/C16H10O3S.C13H12IO/c17-20(18,19)14-9-7-12-5-4-10-2-1-3-11-6-8-13(14)16(12)15(10)11;1-15-13-10-6-5-9-12(13)14-11-7-3-2-4-8-11/h1-9H,(H,17,18,19);2-10H,1H3/q;+1/p-1. The van der Waals surface area contributed by atoms with Gasteiger partial charge in [-0.05, 0) is 57.3 Å². The Kier molecular flexibility index (Phi) is 6.60. The quantitative estimate of drug-likeness (QED) is 0.179. The number of rotatable bonds is 4. The van der Waals surface area contributed by atoms with Gasteiger partial charge < -0.3 is 9.29 Å². The van der Waals surface area contributed by atoms with Crippen LogP contribution in [0, 0.1) is 7.14 Å². The van der Waals surface area contributed by atoms with Crippen molar-refractivity contribution in [2.45, 2.75) is 4.90 Å². The molecule has 0 aromatic heterocycles. The lowest BCUT2D eigenvalue weighted by molar-refractivity contribution is -0.598. The zero-order valence-electron chi connectivity index (χ0n) is 18.8. The zero-order valence-corrected chi connectivity index (χ0v) is 21.8. The lowest BCUT2D eigenvalue weighted by Crippen LogP contribution is -3.61. The van der Waals surface area contributed by atoms with Gasteiger partial charge in [0, 0.05) is 5.39 Å². The highest BCUT2D eigenvalue weighted by atomic mass is 127. The third kappa shape index (κ3) is 4.82. The first-order valence-corrected chi connectivity index (χ1v) is 14.5. The van der Waals surface area contributed by atoms with Crippen LogP contribution in [0.1, 0.15) is 0 Å². The molecule has 0 saturated heterocycles. The maximum Gasteiger partial charge on any atom is 0.362 e. The van der Waals surface area contributed by atoms with Crippen molar-refractivity contribution < 1.29 is 38.9 Å². The minimum atomic E-state index is -4.48.